The van der Waals surface area contributed by atoms with Crippen molar-refractivity contribution >= 4 is 39.3 Å². The molecule has 0 saturated heterocycles. The molecule has 1 aromatic carbocycles. The number of hydrogen-bond donors (Lipinski definition) is 1. The summed E-state index contributed by atoms with van der Waals surface area (Å²) < 4.78 is 28.6. The van der Waals surface area contributed by atoms with Crippen LogP contribution >= 0.6 is 27.7 Å². The molecule has 2 aromatic rings. The Balaban J connectivity index is 2.00. The molecule has 0 fully saturated rings. The number of amides is 1. The maximum absolute atomic E-state index is 13.6. The molecule has 118 valence electrons. The SMILES string of the molecule is CCc1nnc(SCC(=O)Nc2c(F)cc(F)cc2Br)n1C. The fourth-order valence-electron chi connectivity index (χ4n) is 1.75. The van der Waals surface area contributed by atoms with Gasteiger partial charge in [-0.05, 0) is 22.0 Å². The number of benzene rings is 1. The molecule has 1 amide bonds. The summed E-state index contributed by atoms with van der Waals surface area (Å²) in [5.74, 6) is -1.12. The van der Waals surface area contributed by atoms with Crippen molar-refractivity contribution in [2.75, 3.05) is 11.1 Å². The summed E-state index contributed by atoms with van der Waals surface area (Å²) in [7, 11) is 1.81. The first-order chi connectivity index (χ1) is 10.4. The molecule has 2 rings (SSSR count). The van der Waals surface area contributed by atoms with Gasteiger partial charge in [-0.1, -0.05) is 18.7 Å². The van der Waals surface area contributed by atoms with E-state index in [4.69, 9.17) is 0 Å². The van der Waals surface area contributed by atoms with Gasteiger partial charge < -0.3 is 9.88 Å². The Morgan fingerprint density at radius 2 is 2.14 bits per heavy atom. The number of thioether (sulfide) groups is 1. The number of nitrogens with zero attached hydrogens (tertiary/aromatic N) is 3. The molecule has 0 spiro atoms. The molecule has 1 N–H and O–H groups in total. The molecule has 22 heavy (non-hydrogen) atoms. The van der Waals surface area contributed by atoms with E-state index in [0.29, 0.717) is 11.2 Å². The Morgan fingerprint density at radius 1 is 1.41 bits per heavy atom. The minimum atomic E-state index is -0.836. The molecule has 5 nitrogen and oxygen atoms in total. The second-order valence-corrected chi connectivity index (χ2v) is 6.19. The summed E-state index contributed by atoms with van der Waals surface area (Å²) in [6.07, 6.45) is 0.740. The Morgan fingerprint density at radius 3 is 2.73 bits per heavy atom. The molecule has 0 bridgehead atoms. The number of aryl methyl sites for hydroxylation is 1. The van der Waals surface area contributed by atoms with Gasteiger partial charge in [-0.2, -0.15) is 0 Å². The molecule has 0 unspecified atom stereocenters. The molecule has 0 saturated carbocycles. The number of carbonyl (C=O) groups excluding carboxylic acids is 1. The van der Waals surface area contributed by atoms with Crippen LogP contribution in [0.2, 0.25) is 0 Å². The first kappa shape index (κ1) is 16.9. The minimum Gasteiger partial charge on any atom is -0.322 e. The lowest BCUT2D eigenvalue weighted by Gasteiger charge is -2.08. The average Bonchev–Trinajstić information content (AvgIpc) is 2.81. The number of halogens is 3. The summed E-state index contributed by atoms with van der Waals surface area (Å²) in [5.41, 5.74) is -0.0841. The van der Waals surface area contributed by atoms with Crippen LogP contribution in [0.25, 0.3) is 0 Å². The van der Waals surface area contributed by atoms with Gasteiger partial charge in [0.1, 0.15) is 11.6 Å². The van der Waals surface area contributed by atoms with Crippen LogP contribution in [-0.2, 0) is 18.3 Å². The van der Waals surface area contributed by atoms with Crippen LogP contribution in [0.4, 0.5) is 14.5 Å². The first-order valence-electron chi connectivity index (χ1n) is 6.37. The number of rotatable bonds is 5. The van der Waals surface area contributed by atoms with Gasteiger partial charge in [-0.15, -0.1) is 10.2 Å². The van der Waals surface area contributed by atoms with Gasteiger partial charge in [0.2, 0.25) is 5.91 Å². The van der Waals surface area contributed by atoms with E-state index < -0.39 is 17.5 Å². The van der Waals surface area contributed by atoms with Crippen molar-refractivity contribution in [2.24, 2.45) is 7.05 Å². The highest BCUT2D eigenvalue weighted by Crippen LogP contribution is 2.27. The molecule has 0 atom stereocenters. The van der Waals surface area contributed by atoms with Crippen molar-refractivity contribution in [3.63, 3.8) is 0 Å². The second kappa shape index (κ2) is 7.19. The molecule has 1 heterocycles. The summed E-state index contributed by atoms with van der Waals surface area (Å²) in [6, 6.07) is 1.80. The van der Waals surface area contributed by atoms with E-state index in [1.165, 1.54) is 11.8 Å². The lowest BCUT2D eigenvalue weighted by molar-refractivity contribution is -0.113. The van der Waals surface area contributed by atoms with Gasteiger partial charge >= 0.3 is 0 Å². The van der Waals surface area contributed by atoms with E-state index in [1.807, 2.05) is 14.0 Å². The zero-order chi connectivity index (χ0) is 16.3. The maximum atomic E-state index is 13.6. The molecule has 0 radical (unpaired) electrons. The van der Waals surface area contributed by atoms with E-state index in [-0.39, 0.29) is 15.9 Å². The summed E-state index contributed by atoms with van der Waals surface area (Å²) in [4.78, 5) is 11.9. The first-order valence-corrected chi connectivity index (χ1v) is 8.15. The standard InChI is InChI=1S/C13H13BrF2N4OS/c1-3-10-18-19-13(20(10)2)22-6-11(21)17-12-8(14)4-7(15)5-9(12)16/h4-5H,3,6H2,1-2H3,(H,17,21). The van der Waals surface area contributed by atoms with Gasteiger partial charge in [0.05, 0.1) is 11.4 Å². The van der Waals surface area contributed by atoms with E-state index in [9.17, 15) is 13.6 Å². The lowest BCUT2D eigenvalue weighted by atomic mass is 10.3. The number of nitrogens with one attached hydrogen (secondary N) is 1. The highest BCUT2D eigenvalue weighted by Gasteiger charge is 2.14. The van der Waals surface area contributed by atoms with Gasteiger partial charge in [-0.25, -0.2) is 8.78 Å². The fraction of sp³-hybridized carbons (Fsp3) is 0.308. The summed E-state index contributed by atoms with van der Waals surface area (Å²) in [6.45, 7) is 1.96. The molecular weight excluding hydrogens is 378 g/mol. The van der Waals surface area contributed by atoms with E-state index >= 15 is 0 Å². The number of aromatic nitrogens is 3. The van der Waals surface area contributed by atoms with Crippen LogP contribution in [-0.4, -0.2) is 26.4 Å². The van der Waals surface area contributed by atoms with Gasteiger partial charge in [0.25, 0.3) is 0 Å². The number of carbonyl (C=O) groups is 1. The Bertz CT molecular complexity index is 684. The lowest BCUT2D eigenvalue weighted by Crippen LogP contribution is -2.16. The van der Waals surface area contributed by atoms with Crippen molar-refractivity contribution in [3.05, 3.63) is 34.1 Å². The highest BCUT2D eigenvalue weighted by atomic mass is 79.9. The zero-order valence-electron chi connectivity index (χ0n) is 11.9. The van der Waals surface area contributed by atoms with Crippen LogP contribution in [0, 0.1) is 11.6 Å². The van der Waals surface area contributed by atoms with E-state index in [0.717, 1.165) is 18.3 Å². The molecular formula is C13H13BrF2N4OS. The van der Waals surface area contributed by atoms with Crippen LogP contribution in [0.15, 0.2) is 21.8 Å². The molecule has 9 heteroatoms. The largest absolute Gasteiger partial charge is 0.322 e. The quantitative estimate of drug-likeness (QED) is 0.796. The van der Waals surface area contributed by atoms with Crippen molar-refractivity contribution in [1.29, 1.82) is 0 Å². The topological polar surface area (TPSA) is 59.8 Å². The third-order valence-electron chi connectivity index (χ3n) is 2.84. The molecule has 0 aliphatic carbocycles. The normalized spacial score (nSPS) is 10.8. The number of anilines is 1. The monoisotopic (exact) mass is 390 g/mol. The zero-order valence-corrected chi connectivity index (χ0v) is 14.3. The van der Waals surface area contributed by atoms with Crippen LogP contribution in [0.1, 0.15) is 12.7 Å². The van der Waals surface area contributed by atoms with Crippen LogP contribution in [0.5, 0.6) is 0 Å². The third kappa shape index (κ3) is 3.83. The van der Waals surface area contributed by atoms with Gasteiger partial charge in [0.15, 0.2) is 11.0 Å². The van der Waals surface area contributed by atoms with Gasteiger partial charge in [0, 0.05) is 24.0 Å². The Kier molecular flexibility index (Phi) is 5.52. The van der Waals surface area contributed by atoms with Crippen molar-refractivity contribution in [1.82, 2.24) is 14.8 Å². The molecule has 0 aliphatic heterocycles. The maximum Gasteiger partial charge on any atom is 0.234 e. The molecule has 0 aliphatic rings. The molecule has 1 aromatic heterocycles. The smallest absolute Gasteiger partial charge is 0.234 e. The Labute approximate surface area is 138 Å². The summed E-state index contributed by atoms with van der Waals surface area (Å²) in [5, 5.41) is 11.0. The second-order valence-electron chi connectivity index (χ2n) is 4.39. The van der Waals surface area contributed by atoms with Gasteiger partial charge in [-0.3, -0.25) is 4.79 Å². The van der Waals surface area contributed by atoms with Crippen LogP contribution < -0.4 is 5.32 Å². The van der Waals surface area contributed by atoms with Crippen molar-refractivity contribution in [3.8, 4) is 0 Å². The minimum absolute atomic E-state index is 0.0406. The van der Waals surface area contributed by atoms with E-state index in [2.05, 4.69) is 31.4 Å². The van der Waals surface area contributed by atoms with Crippen molar-refractivity contribution < 1.29 is 13.6 Å². The summed E-state index contributed by atoms with van der Waals surface area (Å²) >= 11 is 4.21. The Hall–Kier alpha value is -1.48. The van der Waals surface area contributed by atoms with Crippen molar-refractivity contribution in [2.45, 2.75) is 18.5 Å². The average molecular weight is 391 g/mol. The number of hydrogen-bond acceptors (Lipinski definition) is 4. The third-order valence-corrected chi connectivity index (χ3v) is 4.49. The highest BCUT2D eigenvalue weighted by molar-refractivity contribution is 9.10. The fourth-order valence-corrected chi connectivity index (χ4v) is 2.98. The predicted molar refractivity (Wildman–Crippen MR) is 83.8 cm³/mol. The predicted octanol–water partition coefficient (Wildman–Crippen LogP) is 3.15. The van der Waals surface area contributed by atoms with Crippen LogP contribution in [0.3, 0.4) is 0 Å². The van der Waals surface area contributed by atoms with E-state index in [1.54, 1.807) is 4.57 Å².